The Bertz CT molecular complexity index is 3090. The van der Waals surface area contributed by atoms with Gasteiger partial charge in [0.2, 0.25) is 5.89 Å². The predicted octanol–water partition coefficient (Wildman–Crippen LogP) is 12.6. The molecule has 252 valence electrons. The number of furan rings is 1. The fraction of sp³-hybridized carbons (Fsp3) is 0. The van der Waals surface area contributed by atoms with Gasteiger partial charge in [-0.3, -0.25) is 0 Å². The minimum atomic E-state index is 0.549. The van der Waals surface area contributed by atoms with Crippen LogP contribution in [0.3, 0.4) is 0 Å². The maximum Gasteiger partial charge on any atom is 0.227 e. The summed E-state index contributed by atoms with van der Waals surface area (Å²) in [7, 11) is 0. The van der Waals surface area contributed by atoms with Gasteiger partial charge in [0.25, 0.3) is 0 Å². The second-order valence-corrected chi connectivity index (χ2v) is 13.4. The minimum Gasteiger partial charge on any atom is -0.452 e. The highest BCUT2D eigenvalue weighted by atomic mass is 16.4. The Morgan fingerprint density at radius 3 is 1.41 bits per heavy atom. The van der Waals surface area contributed by atoms with Gasteiger partial charge in [-0.05, 0) is 63.0 Å². The summed E-state index contributed by atoms with van der Waals surface area (Å²) in [4.78, 5) is 20.1. The van der Waals surface area contributed by atoms with E-state index in [0.717, 1.165) is 76.8 Å². The summed E-state index contributed by atoms with van der Waals surface area (Å²) in [6.45, 7) is 0. The first-order valence-corrected chi connectivity index (χ1v) is 17.9. The van der Waals surface area contributed by atoms with Gasteiger partial charge in [0.1, 0.15) is 11.1 Å². The Morgan fingerprint density at radius 2 is 0.796 bits per heavy atom. The molecule has 0 aliphatic rings. The van der Waals surface area contributed by atoms with E-state index in [9.17, 15) is 0 Å². The molecule has 6 heteroatoms. The van der Waals surface area contributed by atoms with Crippen LogP contribution in [0.4, 0.5) is 0 Å². The molecule has 0 radical (unpaired) electrons. The Morgan fingerprint density at radius 1 is 0.296 bits per heavy atom. The van der Waals surface area contributed by atoms with Crippen LogP contribution < -0.4 is 0 Å². The number of hydrogen-bond donors (Lipinski definition) is 0. The molecule has 0 N–H and O–H groups in total. The molecule has 11 rings (SSSR count). The molecule has 8 aromatic carbocycles. The van der Waals surface area contributed by atoms with Crippen LogP contribution in [0.2, 0.25) is 0 Å². The molecule has 0 unspecified atom stereocenters. The van der Waals surface area contributed by atoms with Gasteiger partial charge in [-0.25, -0.2) is 19.9 Å². The quantitative estimate of drug-likeness (QED) is 0.167. The molecular formula is C48H28N4O2. The zero-order chi connectivity index (χ0) is 35.6. The van der Waals surface area contributed by atoms with E-state index in [-0.39, 0.29) is 0 Å². The van der Waals surface area contributed by atoms with Crippen molar-refractivity contribution in [2.24, 2.45) is 0 Å². The first-order valence-electron chi connectivity index (χ1n) is 17.9. The van der Waals surface area contributed by atoms with Crippen LogP contribution in [0, 0.1) is 0 Å². The van der Waals surface area contributed by atoms with E-state index in [1.165, 1.54) is 0 Å². The third-order valence-electron chi connectivity index (χ3n) is 10.2. The average Bonchev–Trinajstić information content (AvgIpc) is 3.86. The predicted molar refractivity (Wildman–Crippen MR) is 217 cm³/mol. The number of benzene rings is 8. The summed E-state index contributed by atoms with van der Waals surface area (Å²) in [5.74, 6) is 2.44. The summed E-state index contributed by atoms with van der Waals surface area (Å²) in [6.07, 6.45) is 0. The van der Waals surface area contributed by atoms with Crippen molar-refractivity contribution in [3.63, 3.8) is 0 Å². The SMILES string of the molecule is c1ccc(-c2nc(-c3ccccc3)nc(-c3c4ccccc4c(-c4ccc(-c5nc6ccc7c8ccccc8oc7c6o5)cc4)c4ccccc34)n2)cc1. The lowest BCUT2D eigenvalue weighted by Gasteiger charge is -2.17. The van der Waals surface area contributed by atoms with Crippen molar-refractivity contribution in [1.29, 1.82) is 0 Å². The Balaban J connectivity index is 1.08. The van der Waals surface area contributed by atoms with Crippen molar-refractivity contribution < 1.29 is 8.83 Å². The van der Waals surface area contributed by atoms with Crippen LogP contribution in [0.25, 0.3) is 111 Å². The lowest BCUT2D eigenvalue weighted by molar-refractivity contribution is 0.603. The number of hydrogen-bond acceptors (Lipinski definition) is 6. The van der Waals surface area contributed by atoms with Crippen molar-refractivity contribution in [3.8, 4) is 56.7 Å². The number of oxazole rings is 1. The molecule has 3 heterocycles. The van der Waals surface area contributed by atoms with Crippen molar-refractivity contribution in [1.82, 2.24) is 19.9 Å². The zero-order valence-corrected chi connectivity index (χ0v) is 28.8. The van der Waals surface area contributed by atoms with Gasteiger partial charge < -0.3 is 8.83 Å². The average molecular weight is 693 g/mol. The van der Waals surface area contributed by atoms with Crippen LogP contribution >= 0.6 is 0 Å². The molecule has 0 saturated heterocycles. The Kier molecular flexibility index (Phi) is 6.75. The molecule has 6 nitrogen and oxygen atoms in total. The molecule has 54 heavy (non-hydrogen) atoms. The van der Waals surface area contributed by atoms with E-state index >= 15 is 0 Å². The Hall–Kier alpha value is -7.44. The molecule has 0 amide bonds. The fourth-order valence-electron chi connectivity index (χ4n) is 7.67. The first-order chi connectivity index (χ1) is 26.8. The van der Waals surface area contributed by atoms with Crippen LogP contribution in [0.1, 0.15) is 0 Å². The number of rotatable bonds is 5. The maximum atomic E-state index is 6.41. The van der Waals surface area contributed by atoms with Gasteiger partial charge in [-0.2, -0.15) is 0 Å². The van der Waals surface area contributed by atoms with E-state index in [1.54, 1.807) is 0 Å². The molecular weight excluding hydrogens is 665 g/mol. The minimum absolute atomic E-state index is 0.549. The maximum absolute atomic E-state index is 6.41. The summed E-state index contributed by atoms with van der Waals surface area (Å²) in [5, 5.41) is 6.42. The number of fused-ring (bicyclic) bond motifs is 7. The van der Waals surface area contributed by atoms with Crippen molar-refractivity contribution in [2.75, 3.05) is 0 Å². The van der Waals surface area contributed by atoms with E-state index < -0.39 is 0 Å². The highest BCUT2D eigenvalue weighted by Crippen LogP contribution is 2.44. The fourth-order valence-corrected chi connectivity index (χ4v) is 7.67. The number of para-hydroxylation sites is 1. The van der Waals surface area contributed by atoms with Crippen molar-refractivity contribution >= 4 is 54.6 Å². The zero-order valence-electron chi connectivity index (χ0n) is 28.8. The van der Waals surface area contributed by atoms with E-state index in [1.807, 2.05) is 84.9 Å². The van der Waals surface area contributed by atoms with E-state index in [4.69, 9.17) is 28.8 Å². The second-order valence-electron chi connectivity index (χ2n) is 13.4. The van der Waals surface area contributed by atoms with Crippen LogP contribution in [-0.4, -0.2) is 19.9 Å². The molecule has 0 aliphatic carbocycles. The number of aromatic nitrogens is 4. The van der Waals surface area contributed by atoms with E-state index in [0.29, 0.717) is 34.5 Å². The van der Waals surface area contributed by atoms with Crippen molar-refractivity contribution in [2.45, 2.75) is 0 Å². The molecule has 0 atom stereocenters. The smallest absolute Gasteiger partial charge is 0.227 e. The Labute approximate surface area is 309 Å². The number of nitrogens with zero attached hydrogens (tertiary/aromatic N) is 4. The molecule has 0 bridgehead atoms. The third-order valence-corrected chi connectivity index (χ3v) is 10.2. The molecule has 0 saturated carbocycles. The standard InChI is InChI=1S/C48H28N4O2/c1-3-13-30(14-4-1)45-50-46(31-15-5-2-6-16-31)52-47(51-45)42-36-20-9-7-18-34(36)41(35-19-8-10-21-37(35)42)29-23-25-32(26-24-29)48-49-39-28-27-38-33-17-11-12-22-40(33)53-43(38)44(39)54-48/h1-28H. The first kappa shape index (κ1) is 30.2. The lowest BCUT2D eigenvalue weighted by atomic mass is 9.88. The molecule has 0 fully saturated rings. The van der Waals surface area contributed by atoms with E-state index in [2.05, 4.69) is 84.9 Å². The summed E-state index contributed by atoms with van der Waals surface area (Å²) in [6, 6.07) is 57.8. The highest BCUT2D eigenvalue weighted by molar-refractivity contribution is 6.21. The van der Waals surface area contributed by atoms with Gasteiger partial charge >= 0.3 is 0 Å². The molecule has 0 spiro atoms. The summed E-state index contributed by atoms with van der Waals surface area (Å²) < 4.78 is 12.6. The second kappa shape index (κ2) is 12.1. The van der Waals surface area contributed by atoms with Crippen LogP contribution in [-0.2, 0) is 0 Å². The molecule has 3 aromatic heterocycles. The van der Waals surface area contributed by atoms with Gasteiger partial charge in [-0.15, -0.1) is 0 Å². The monoisotopic (exact) mass is 692 g/mol. The van der Waals surface area contributed by atoms with Crippen LogP contribution in [0.15, 0.2) is 179 Å². The summed E-state index contributed by atoms with van der Waals surface area (Å²) >= 11 is 0. The van der Waals surface area contributed by atoms with Gasteiger partial charge in [0.15, 0.2) is 28.6 Å². The third kappa shape index (κ3) is 4.81. The van der Waals surface area contributed by atoms with Crippen molar-refractivity contribution in [3.05, 3.63) is 170 Å². The lowest BCUT2D eigenvalue weighted by Crippen LogP contribution is -2.01. The highest BCUT2D eigenvalue weighted by Gasteiger charge is 2.21. The van der Waals surface area contributed by atoms with Crippen LogP contribution in [0.5, 0.6) is 0 Å². The normalized spacial score (nSPS) is 11.7. The van der Waals surface area contributed by atoms with Gasteiger partial charge in [0, 0.05) is 33.0 Å². The van der Waals surface area contributed by atoms with Gasteiger partial charge in [-0.1, -0.05) is 140 Å². The molecule has 11 aromatic rings. The molecule has 0 aliphatic heterocycles. The van der Waals surface area contributed by atoms with Gasteiger partial charge in [0.05, 0.1) is 0 Å². The topological polar surface area (TPSA) is 77.8 Å². The summed E-state index contributed by atoms with van der Waals surface area (Å²) in [5.41, 5.74) is 8.91. The largest absolute Gasteiger partial charge is 0.452 e.